The first kappa shape index (κ1) is 13.4. The number of benzene rings is 2. The van der Waals surface area contributed by atoms with Crippen molar-refractivity contribution in [2.24, 2.45) is 0 Å². The SMILES string of the molecule is CSc1cccc(C(=O)NNc2ccc(F)cc2)c1. The molecule has 0 aliphatic rings. The zero-order chi connectivity index (χ0) is 13.7. The molecule has 5 heteroatoms. The molecule has 0 atom stereocenters. The van der Waals surface area contributed by atoms with Gasteiger partial charge in [-0.3, -0.25) is 15.6 Å². The van der Waals surface area contributed by atoms with Crippen molar-refractivity contribution in [3.63, 3.8) is 0 Å². The van der Waals surface area contributed by atoms with E-state index in [2.05, 4.69) is 10.9 Å². The summed E-state index contributed by atoms with van der Waals surface area (Å²) in [7, 11) is 0. The maximum Gasteiger partial charge on any atom is 0.269 e. The lowest BCUT2D eigenvalue weighted by Gasteiger charge is -2.09. The summed E-state index contributed by atoms with van der Waals surface area (Å²) < 4.78 is 12.7. The largest absolute Gasteiger partial charge is 0.298 e. The van der Waals surface area contributed by atoms with Crippen LogP contribution in [-0.4, -0.2) is 12.2 Å². The molecule has 0 unspecified atom stereocenters. The number of anilines is 1. The minimum absolute atomic E-state index is 0.236. The van der Waals surface area contributed by atoms with Gasteiger partial charge < -0.3 is 0 Å². The average molecular weight is 276 g/mol. The zero-order valence-electron chi connectivity index (χ0n) is 10.3. The van der Waals surface area contributed by atoms with Gasteiger partial charge in [-0.25, -0.2) is 4.39 Å². The van der Waals surface area contributed by atoms with Crippen molar-refractivity contribution in [2.45, 2.75) is 4.90 Å². The molecule has 0 aliphatic carbocycles. The Morgan fingerprint density at radius 3 is 2.58 bits per heavy atom. The summed E-state index contributed by atoms with van der Waals surface area (Å²) in [5, 5.41) is 0. The molecule has 2 aromatic rings. The number of hydrogen-bond acceptors (Lipinski definition) is 3. The third kappa shape index (κ3) is 3.72. The van der Waals surface area contributed by atoms with Gasteiger partial charge in [-0.05, 0) is 48.7 Å². The third-order valence-corrected chi connectivity index (χ3v) is 3.22. The van der Waals surface area contributed by atoms with Gasteiger partial charge in [-0.2, -0.15) is 0 Å². The second-order valence-corrected chi connectivity index (χ2v) is 4.70. The first-order valence-electron chi connectivity index (χ1n) is 5.65. The maximum absolute atomic E-state index is 12.7. The fourth-order valence-electron chi connectivity index (χ4n) is 1.50. The van der Waals surface area contributed by atoms with Crippen LogP contribution in [0.2, 0.25) is 0 Å². The average Bonchev–Trinajstić information content (AvgIpc) is 2.46. The number of hydrogen-bond donors (Lipinski definition) is 2. The molecular formula is C14H13FN2OS. The molecule has 2 rings (SSSR count). The van der Waals surface area contributed by atoms with Gasteiger partial charge in [0.2, 0.25) is 0 Å². The minimum Gasteiger partial charge on any atom is -0.298 e. The van der Waals surface area contributed by atoms with Gasteiger partial charge in [0.05, 0.1) is 5.69 Å². The highest BCUT2D eigenvalue weighted by molar-refractivity contribution is 7.98. The zero-order valence-corrected chi connectivity index (χ0v) is 11.1. The third-order valence-electron chi connectivity index (χ3n) is 2.50. The van der Waals surface area contributed by atoms with Gasteiger partial charge in [-0.15, -0.1) is 11.8 Å². The Morgan fingerprint density at radius 1 is 1.16 bits per heavy atom. The summed E-state index contributed by atoms with van der Waals surface area (Å²) in [5.41, 5.74) is 6.49. The van der Waals surface area contributed by atoms with Crippen molar-refractivity contribution in [1.29, 1.82) is 0 Å². The number of carbonyl (C=O) groups is 1. The first-order chi connectivity index (χ1) is 9.19. The molecule has 1 amide bonds. The van der Waals surface area contributed by atoms with Crippen molar-refractivity contribution in [3.8, 4) is 0 Å². The van der Waals surface area contributed by atoms with Gasteiger partial charge in [0.15, 0.2) is 0 Å². The molecule has 2 N–H and O–H groups in total. The monoisotopic (exact) mass is 276 g/mol. The van der Waals surface area contributed by atoms with Crippen LogP contribution in [0.4, 0.5) is 10.1 Å². The second-order valence-electron chi connectivity index (χ2n) is 3.82. The van der Waals surface area contributed by atoms with Crippen LogP contribution in [0.15, 0.2) is 53.4 Å². The van der Waals surface area contributed by atoms with Gasteiger partial charge in [0, 0.05) is 10.5 Å². The Morgan fingerprint density at radius 2 is 1.89 bits per heavy atom. The molecule has 98 valence electrons. The summed E-state index contributed by atoms with van der Waals surface area (Å²) >= 11 is 1.57. The summed E-state index contributed by atoms with van der Waals surface area (Å²) in [4.78, 5) is 12.9. The van der Waals surface area contributed by atoms with Gasteiger partial charge in [0.1, 0.15) is 5.82 Å². The predicted molar refractivity (Wildman–Crippen MR) is 75.7 cm³/mol. The van der Waals surface area contributed by atoms with Crippen molar-refractivity contribution < 1.29 is 9.18 Å². The van der Waals surface area contributed by atoms with E-state index >= 15 is 0 Å². The molecule has 0 spiro atoms. The van der Waals surface area contributed by atoms with Crippen LogP contribution in [0.3, 0.4) is 0 Å². The van der Waals surface area contributed by atoms with Crippen LogP contribution in [0, 0.1) is 5.82 Å². The van der Waals surface area contributed by atoms with Gasteiger partial charge in [-0.1, -0.05) is 6.07 Å². The van der Waals surface area contributed by atoms with Crippen molar-refractivity contribution >= 4 is 23.4 Å². The molecule has 19 heavy (non-hydrogen) atoms. The smallest absolute Gasteiger partial charge is 0.269 e. The van der Waals surface area contributed by atoms with Crippen molar-refractivity contribution in [2.75, 3.05) is 11.7 Å². The molecule has 2 aromatic carbocycles. The molecule has 0 bridgehead atoms. The summed E-state index contributed by atoms with van der Waals surface area (Å²) in [6.07, 6.45) is 1.95. The Hall–Kier alpha value is -2.01. The number of halogens is 1. The molecule has 0 heterocycles. The van der Waals surface area contributed by atoms with E-state index in [9.17, 15) is 9.18 Å². The topological polar surface area (TPSA) is 41.1 Å². The number of amides is 1. The van der Waals surface area contributed by atoms with Crippen LogP contribution in [0.25, 0.3) is 0 Å². The molecule has 0 saturated heterocycles. The lowest BCUT2D eigenvalue weighted by Crippen LogP contribution is -2.29. The number of rotatable bonds is 4. The standard InChI is InChI=1S/C14H13FN2OS/c1-19-13-4-2-3-10(9-13)14(18)17-16-12-7-5-11(15)6-8-12/h2-9,16H,1H3,(H,17,18). The second kappa shape index (κ2) is 6.24. The molecule has 0 radical (unpaired) electrons. The normalized spacial score (nSPS) is 10.0. The molecular weight excluding hydrogens is 263 g/mol. The quantitative estimate of drug-likeness (QED) is 0.665. The molecule has 0 aromatic heterocycles. The Bertz CT molecular complexity index is 572. The van der Waals surface area contributed by atoms with Crippen LogP contribution in [-0.2, 0) is 0 Å². The van der Waals surface area contributed by atoms with E-state index in [1.54, 1.807) is 30.0 Å². The van der Waals surface area contributed by atoms with Gasteiger partial charge in [0.25, 0.3) is 5.91 Å². The molecule has 0 aliphatic heterocycles. The highest BCUT2D eigenvalue weighted by Gasteiger charge is 2.05. The number of carbonyl (C=O) groups excluding carboxylic acids is 1. The number of hydrazine groups is 1. The summed E-state index contributed by atoms with van der Waals surface area (Å²) in [5.74, 6) is -0.551. The van der Waals surface area contributed by atoms with E-state index in [0.717, 1.165) is 4.90 Å². The fourth-order valence-corrected chi connectivity index (χ4v) is 1.96. The van der Waals surface area contributed by atoms with E-state index in [0.29, 0.717) is 11.3 Å². The van der Waals surface area contributed by atoms with Gasteiger partial charge >= 0.3 is 0 Å². The maximum atomic E-state index is 12.7. The summed E-state index contributed by atoms with van der Waals surface area (Å²) in [6.45, 7) is 0. The Kier molecular flexibility index (Phi) is 4.41. The summed E-state index contributed by atoms with van der Waals surface area (Å²) in [6, 6.07) is 13.1. The predicted octanol–water partition coefficient (Wildman–Crippen LogP) is 3.30. The fraction of sp³-hybridized carbons (Fsp3) is 0.0714. The molecule has 0 saturated carbocycles. The van der Waals surface area contributed by atoms with E-state index in [4.69, 9.17) is 0 Å². The minimum atomic E-state index is -0.315. The number of thioether (sulfide) groups is 1. The van der Waals surface area contributed by atoms with E-state index in [1.807, 2.05) is 24.5 Å². The Balaban J connectivity index is 1.99. The van der Waals surface area contributed by atoms with E-state index < -0.39 is 0 Å². The van der Waals surface area contributed by atoms with Crippen LogP contribution < -0.4 is 10.9 Å². The highest BCUT2D eigenvalue weighted by Crippen LogP contribution is 2.15. The molecule has 3 nitrogen and oxygen atoms in total. The van der Waals surface area contributed by atoms with Crippen LogP contribution >= 0.6 is 11.8 Å². The van der Waals surface area contributed by atoms with Crippen LogP contribution in [0.1, 0.15) is 10.4 Å². The lowest BCUT2D eigenvalue weighted by atomic mass is 10.2. The number of nitrogens with one attached hydrogen (secondary N) is 2. The Labute approximate surface area is 115 Å². The van der Waals surface area contributed by atoms with Crippen molar-refractivity contribution in [3.05, 3.63) is 59.9 Å². The van der Waals surface area contributed by atoms with Crippen LogP contribution in [0.5, 0.6) is 0 Å². The highest BCUT2D eigenvalue weighted by atomic mass is 32.2. The lowest BCUT2D eigenvalue weighted by molar-refractivity contribution is 0.0962. The molecule has 0 fully saturated rings. The van der Waals surface area contributed by atoms with E-state index in [1.165, 1.54) is 12.1 Å². The first-order valence-corrected chi connectivity index (χ1v) is 6.87. The van der Waals surface area contributed by atoms with E-state index in [-0.39, 0.29) is 11.7 Å². The van der Waals surface area contributed by atoms with Crippen molar-refractivity contribution in [1.82, 2.24) is 5.43 Å².